The Morgan fingerprint density at radius 1 is 1.31 bits per heavy atom. The van der Waals surface area contributed by atoms with Gasteiger partial charge in [-0.3, -0.25) is 9.36 Å². The lowest BCUT2D eigenvalue weighted by Gasteiger charge is -2.12. The van der Waals surface area contributed by atoms with E-state index in [0.29, 0.717) is 0 Å². The van der Waals surface area contributed by atoms with Gasteiger partial charge in [0, 0.05) is 5.56 Å². The average molecular weight is 398 g/mol. The summed E-state index contributed by atoms with van der Waals surface area (Å²) in [5.41, 5.74) is -0.496. The molecule has 0 aliphatic rings. The maximum absolute atomic E-state index is 12.6. The molecule has 29 heavy (non-hydrogen) atoms. The van der Waals surface area contributed by atoms with E-state index in [1.165, 1.54) is 13.0 Å². The largest absolute Gasteiger partial charge is 0.493 e. The fourth-order valence-electron chi connectivity index (χ4n) is 2.52. The van der Waals surface area contributed by atoms with Crippen molar-refractivity contribution in [3.05, 3.63) is 51.3 Å². The molecule has 0 spiro atoms. The quantitative estimate of drug-likeness (QED) is 0.543. The lowest BCUT2D eigenvalue weighted by atomic mass is 10.1. The zero-order chi connectivity index (χ0) is 21.6. The van der Waals surface area contributed by atoms with Crippen molar-refractivity contribution in [3.8, 4) is 11.9 Å². The summed E-state index contributed by atoms with van der Waals surface area (Å²) in [6.07, 6.45) is 0. The van der Waals surface area contributed by atoms with Gasteiger partial charge in [0.05, 0.1) is 25.3 Å². The van der Waals surface area contributed by atoms with E-state index in [1.807, 2.05) is 19.9 Å². The molecule has 0 fully saturated rings. The molecule has 0 saturated heterocycles. The molecule has 152 valence electrons. The van der Waals surface area contributed by atoms with Crippen LogP contribution in [0.4, 0.5) is 11.4 Å². The van der Waals surface area contributed by atoms with Crippen molar-refractivity contribution in [2.75, 3.05) is 13.2 Å². The van der Waals surface area contributed by atoms with Gasteiger partial charge in [-0.25, -0.2) is 4.79 Å². The number of carbonyl (C=O) groups is 1. The van der Waals surface area contributed by atoms with Crippen LogP contribution >= 0.6 is 0 Å². The summed E-state index contributed by atoms with van der Waals surface area (Å²) in [5.74, 6) is -0.937. The van der Waals surface area contributed by atoms with Crippen LogP contribution in [0, 0.1) is 24.2 Å². The molecule has 2 aromatic rings. The number of esters is 1. The number of rotatable bonds is 7. The molecule has 0 amide bonds. The lowest BCUT2D eigenvalue weighted by Crippen LogP contribution is -2.23. The molecule has 0 saturated carbocycles. The Kier molecular flexibility index (Phi) is 7.22. The smallest absolute Gasteiger partial charge is 0.340 e. The number of hydrogen-bond donors (Lipinski definition) is 2. The first-order valence-corrected chi connectivity index (χ1v) is 8.97. The Balaban J connectivity index is 2.51. The highest BCUT2D eigenvalue weighted by Crippen LogP contribution is 2.28. The maximum Gasteiger partial charge on any atom is 0.340 e. The van der Waals surface area contributed by atoms with E-state index in [-0.39, 0.29) is 47.1 Å². The molecule has 0 aliphatic carbocycles. The first kappa shape index (κ1) is 21.8. The van der Waals surface area contributed by atoms with Crippen LogP contribution in [0.1, 0.15) is 35.3 Å². The van der Waals surface area contributed by atoms with Gasteiger partial charge in [0.1, 0.15) is 17.3 Å². The second kappa shape index (κ2) is 9.61. The molecule has 9 heteroatoms. The van der Waals surface area contributed by atoms with Crippen molar-refractivity contribution in [2.45, 2.75) is 27.3 Å². The number of hydrogen-bond acceptors (Lipinski definition) is 8. The summed E-state index contributed by atoms with van der Waals surface area (Å²) in [4.78, 5) is 24.9. The highest BCUT2D eigenvalue weighted by molar-refractivity contribution is 5.94. The molecular weight excluding hydrogens is 376 g/mol. The summed E-state index contributed by atoms with van der Waals surface area (Å²) in [5, 5.41) is 36.5. The fraction of sp³-hybridized carbons (Fsp3) is 0.350. The maximum atomic E-state index is 12.6. The number of aliphatic hydroxyl groups is 1. The molecule has 1 aromatic carbocycles. The third kappa shape index (κ3) is 4.86. The number of aromatic hydroxyl groups is 1. The summed E-state index contributed by atoms with van der Waals surface area (Å²) < 4.78 is 6.07. The van der Waals surface area contributed by atoms with E-state index in [0.717, 1.165) is 4.57 Å². The second-order valence-electron chi connectivity index (χ2n) is 6.67. The van der Waals surface area contributed by atoms with E-state index >= 15 is 0 Å². The topological polar surface area (TPSA) is 137 Å². The molecule has 2 rings (SSSR count). The first-order valence-electron chi connectivity index (χ1n) is 8.97. The Bertz CT molecular complexity index is 1030. The lowest BCUT2D eigenvalue weighted by molar-refractivity contribution is 0.0460. The minimum atomic E-state index is -0.711. The van der Waals surface area contributed by atoms with Crippen LogP contribution in [-0.2, 0) is 11.3 Å². The predicted molar refractivity (Wildman–Crippen MR) is 105 cm³/mol. The van der Waals surface area contributed by atoms with Crippen LogP contribution in [0.2, 0.25) is 0 Å². The van der Waals surface area contributed by atoms with E-state index in [4.69, 9.17) is 9.84 Å². The number of nitriles is 1. The van der Waals surface area contributed by atoms with Crippen LogP contribution < -0.4 is 5.56 Å². The molecule has 0 atom stereocenters. The van der Waals surface area contributed by atoms with E-state index < -0.39 is 24.0 Å². The predicted octanol–water partition coefficient (Wildman–Crippen LogP) is 2.95. The highest BCUT2D eigenvalue weighted by atomic mass is 16.5. The third-order valence-electron chi connectivity index (χ3n) is 4.02. The first-order chi connectivity index (χ1) is 13.8. The van der Waals surface area contributed by atoms with Crippen LogP contribution in [0.5, 0.6) is 5.88 Å². The standard InChI is InChI=1S/C20H22N4O5/c1-12(2)11-29-20(28)14-6-4-5-7-16(14)22-23-17-13(3)15(10-21)18(26)24(8-9-25)19(17)27/h4-7,12,25-26H,8-9,11H2,1-3H3. The number of benzene rings is 1. The number of carbonyl (C=O) groups excluding carboxylic acids is 1. The van der Waals surface area contributed by atoms with Crippen LogP contribution in [0.3, 0.4) is 0 Å². The van der Waals surface area contributed by atoms with E-state index in [2.05, 4.69) is 10.2 Å². The zero-order valence-electron chi connectivity index (χ0n) is 16.4. The monoisotopic (exact) mass is 398 g/mol. The van der Waals surface area contributed by atoms with Gasteiger partial charge in [-0.15, -0.1) is 10.2 Å². The molecule has 0 bridgehead atoms. The Morgan fingerprint density at radius 3 is 2.62 bits per heavy atom. The van der Waals surface area contributed by atoms with Gasteiger partial charge in [-0.1, -0.05) is 26.0 Å². The van der Waals surface area contributed by atoms with Gasteiger partial charge in [-0.05, 0) is 25.0 Å². The Labute approximate surface area is 167 Å². The van der Waals surface area contributed by atoms with Crippen molar-refractivity contribution >= 4 is 17.3 Å². The normalized spacial score (nSPS) is 11.0. The summed E-state index contributed by atoms with van der Waals surface area (Å²) in [6, 6.07) is 8.20. The van der Waals surface area contributed by atoms with E-state index in [1.54, 1.807) is 18.2 Å². The van der Waals surface area contributed by atoms with Crippen molar-refractivity contribution in [1.29, 1.82) is 5.26 Å². The Hall–Kier alpha value is -3.51. The Morgan fingerprint density at radius 2 is 2.00 bits per heavy atom. The molecule has 1 aromatic heterocycles. The van der Waals surface area contributed by atoms with Crippen molar-refractivity contribution < 1.29 is 19.7 Å². The van der Waals surface area contributed by atoms with Gasteiger partial charge in [0.25, 0.3) is 5.56 Å². The number of azo groups is 1. The van der Waals surface area contributed by atoms with Crippen molar-refractivity contribution in [3.63, 3.8) is 0 Å². The minimum absolute atomic E-state index is 0.142. The van der Waals surface area contributed by atoms with Crippen LogP contribution in [0.25, 0.3) is 0 Å². The van der Waals surface area contributed by atoms with Gasteiger partial charge in [0.15, 0.2) is 5.69 Å². The summed E-state index contributed by atoms with van der Waals surface area (Å²) in [6.45, 7) is 4.91. The van der Waals surface area contributed by atoms with Crippen molar-refractivity contribution in [1.82, 2.24) is 4.57 Å². The van der Waals surface area contributed by atoms with E-state index in [9.17, 15) is 20.0 Å². The van der Waals surface area contributed by atoms with Gasteiger partial charge in [-0.2, -0.15) is 5.26 Å². The summed E-state index contributed by atoms with van der Waals surface area (Å²) >= 11 is 0. The van der Waals surface area contributed by atoms with Gasteiger partial charge < -0.3 is 14.9 Å². The number of aliphatic hydroxyl groups excluding tert-OH is 1. The minimum Gasteiger partial charge on any atom is -0.493 e. The number of pyridine rings is 1. The molecule has 0 radical (unpaired) electrons. The molecule has 0 aliphatic heterocycles. The van der Waals surface area contributed by atoms with Crippen LogP contribution in [-0.4, -0.2) is 34.0 Å². The number of nitrogens with zero attached hydrogens (tertiary/aromatic N) is 4. The van der Waals surface area contributed by atoms with Gasteiger partial charge in [0.2, 0.25) is 5.88 Å². The fourth-order valence-corrected chi connectivity index (χ4v) is 2.52. The number of aromatic nitrogens is 1. The van der Waals surface area contributed by atoms with Gasteiger partial charge >= 0.3 is 5.97 Å². The second-order valence-corrected chi connectivity index (χ2v) is 6.67. The van der Waals surface area contributed by atoms with Crippen molar-refractivity contribution in [2.24, 2.45) is 16.1 Å². The highest BCUT2D eigenvalue weighted by Gasteiger charge is 2.19. The van der Waals surface area contributed by atoms with Crippen LogP contribution in [0.15, 0.2) is 39.3 Å². The molecular formula is C20H22N4O5. The number of ether oxygens (including phenoxy) is 1. The third-order valence-corrected chi connectivity index (χ3v) is 4.02. The zero-order valence-corrected chi connectivity index (χ0v) is 16.4. The molecule has 1 heterocycles. The summed E-state index contributed by atoms with van der Waals surface area (Å²) in [7, 11) is 0. The SMILES string of the molecule is Cc1c(C#N)c(O)n(CCO)c(=O)c1N=Nc1ccccc1C(=O)OCC(C)C. The molecule has 2 N–H and O–H groups in total. The molecule has 9 nitrogen and oxygen atoms in total. The average Bonchev–Trinajstić information content (AvgIpc) is 2.70. The molecule has 0 unspecified atom stereocenters.